The average Bonchev–Trinajstić information content (AvgIpc) is 3.18. The lowest BCUT2D eigenvalue weighted by Crippen LogP contribution is -2.40. The Kier molecular flexibility index (Phi) is 5.23. The fourth-order valence-corrected chi connectivity index (χ4v) is 4.90. The summed E-state index contributed by atoms with van der Waals surface area (Å²) >= 11 is 0. The molecule has 4 aromatic rings. The monoisotopic (exact) mass is 457 g/mol. The molecule has 0 radical (unpaired) electrons. The quantitative estimate of drug-likeness (QED) is 0.467. The molecule has 0 amide bonds. The van der Waals surface area contributed by atoms with E-state index in [1.807, 2.05) is 36.6 Å². The second kappa shape index (κ2) is 8.01. The van der Waals surface area contributed by atoms with E-state index in [-0.39, 0.29) is 17.8 Å². The van der Waals surface area contributed by atoms with Gasteiger partial charge in [0.25, 0.3) is 5.56 Å². The first-order valence-corrected chi connectivity index (χ1v) is 11.8. The second-order valence-electron chi connectivity index (χ2n) is 9.84. The highest BCUT2D eigenvalue weighted by Crippen LogP contribution is 2.33. The molecule has 7 heteroatoms. The molecule has 0 fully saturated rings. The molecule has 1 aliphatic rings. The third-order valence-electron chi connectivity index (χ3n) is 7.08. The lowest BCUT2D eigenvalue weighted by Gasteiger charge is -2.33. The van der Waals surface area contributed by atoms with E-state index < -0.39 is 0 Å². The molecule has 176 valence electrons. The summed E-state index contributed by atoms with van der Waals surface area (Å²) in [4.78, 5) is 34.0. The van der Waals surface area contributed by atoms with Crippen LogP contribution in [-0.2, 0) is 20.1 Å². The average molecular weight is 458 g/mol. The van der Waals surface area contributed by atoms with Crippen molar-refractivity contribution in [3.8, 4) is 0 Å². The molecule has 7 nitrogen and oxygen atoms in total. The topological polar surface area (TPSA) is 65.1 Å². The Labute approximate surface area is 198 Å². The number of nitrogens with zero attached hydrogens (tertiary/aromatic N) is 5. The normalized spacial score (nSPS) is 15.7. The zero-order chi connectivity index (χ0) is 24.3. The molecule has 0 bridgehead atoms. The highest BCUT2D eigenvalue weighted by atomic mass is 16.2. The fourth-order valence-electron chi connectivity index (χ4n) is 4.90. The smallest absolute Gasteiger partial charge is 0.312 e. The van der Waals surface area contributed by atoms with Crippen LogP contribution in [0.15, 0.2) is 46.0 Å². The minimum Gasteiger partial charge on any atom is -0.312 e. The number of imidazole rings is 1. The van der Waals surface area contributed by atoms with Gasteiger partial charge in [-0.1, -0.05) is 36.8 Å². The zero-order valence-electron chi connectivity index (χ0n) is 20.7. The Hall–Kier alpha value is -3.61. The van der Waals surface area contributed by atoms with Gasteiger partial charge in [-0.3, -0.25) is 13.9 Å². The van der Waals surface area contributed by atoms with E-state index in [1.54, 1.807) is 7.05 Å². The molecule has 34 heavy (non-hydrogen) atoms. The highest BCUT2D eigenvalue weighted by Gasteiger charge is 2.30. The van der Waals surface area contributed by atoms with Crippen LogP contribution in [0.5, 0.6) is 0 Å². The number of aromatic nitrogens is 4. The molecule has 3 heterocycles. The van der Waals surface area contributed by atoms with Gasteiger partial charge in [-0.15, -0.1) is 0 Å². The molecule has 1 aliphatic heterocycles. The van der Waals surface area contributed by atoms with E-state index in [2.05, 4.69) is 43.9 Å². The first-order chi connectivity index (χ1) is 16.2. The van der Waals surface area contributed by atoms with Crippen molar-refractivity contribution in [1.82, 2.24) is 18.7 Å². The van der Waals surface area contributed by atoms with Gasteiger partial charge >= 0.3 is 5.69 Å². The van der Waals surface area contributed by atoms with E-state index in [0.29, 0.717) is 29.6 Å². The Balaban J connectivity index is 1.72. The minimum atomic E-state index is -0.348. The van der Waals surface area contributed by atoms with Crippen LogP contribution < -0.4 is 16.1 Å². The van der Waals surface area contributed by atoms with Crippen molar-refractivity contribution in [2.45, 2.75) is 47.7 Å². The van der Waals surface area contributed by atoms with Crippen molar-refractivity contribution in [3.63, 3.8) is 0 Å². The summed E-state index contributed by atoms with van der Waals surface area (Å²) in [6, 6.07) is 12.5. The lowest BCUT2D eigenvalue weighted by atomic mass is 10.1. The van der Waals surface area contributed by atoms with Gasteiger partial charge in [0, 0.05) is 25.8 Å². The Morgan fingerprint density at radius 3 is 2.41 bits per heavy atom. The summed E-state index contributed by atoms with van der Waals surface area (Å²) in [5.74, 6) is 1.03. The maximum absolute atomic E-state index is 13.8. The van der Waals surface area contributed by atoms with Crippen LogP contribution >= 0.6 is 0 Å². The number of anilines is 2. The van der Waals surface area contributed by atoms with Crippen LogP contribution in [0.4, 0.5) is 11.6 Å². The van der Waals surface area contributed by atoms with Gasteiger partial charge in [0.2, 0.25) is 5.95 Å². The van der Waals surface area contributed by atoms with Crippen LogP contribution in [0.1, 0.15) is 34.7 Å². The van der Waals surface area contributed by atoms with Crippen LogP contribution in [0.3, 0.4) is 0 Å². The fraction of sp³-hybridized carbons (Fsp3) is 0.370. The van der Waals surface area contributed by atoms with Crippen LogP contribution in [-0.4, -0.2) is 25.2 Å². The number of benzene rings is 2. The molecule has 2 aromatic carbocycles. The Morgan fingerprint density at radius 1 is 0.941 bits per heavy atom. The molecular weight excluding hydrogens is 426 g/mol. The maximum Gasteiger partial charge on any atom is 0.332 e. The van der Waals surface area contributed by atoms with Crippen LogP contribution in [0.2, 0.25) is 0 Å². The van der Waals surface area contributed by atoms with Gasteiger partial charge in [0.1, 0.15) is 0 Å². The predicted octanol–water partition coefficient (Wildman–Crippen LogP) is 3.97. The predicted molar refractivity (Wildman–Crippen MR) is 136 cm³/mol. The van der Waals surface area contributed by atoms with E-state index >= 15 is 0 Å². The van der Waals surface area contributed by atoms with Gasteiger partial charge in [-0.25, -0.2) is 4.79 Å². The summed E-state index contributed by atoms with van der Waals surface area (Å²) in [6.07, 6.45) is 0. The zero-order valence-corrected chi connectivity index (χ0v) is 20.7. The van der Waals surface area contributed by atoms with E-state index in [0.717, 1.165) is 28.9 Å². The molecule has 5 rings (SSSR count). The van der Waals surface area contributed by atoms with Crippen LogP contribution in [0, 0.1) is 33.6 Å². The third-order valence-corrected chi connectivity index (χ3v) is 7.08. The minimum absolute atomic E-state index is 0.242. The van der Waals surface area contributed by atoms with Crippen molar-refractivity contribution >= 4 is 22.8 Å². The van der Waals surface area contributed by atoms with Gasteiger partial charge in [-0.05, 0) is 68.0 Å². The Morgan fingerprint density at radius 2 is 1.68 bits per heavy atom. The summed E-state index contributed by atoms with van der Waals surface area (Å²) in [7, 11) is 1.70. The maximum atomic E-state index is 13.8. The molecule has 0 spiro atoms. The number of hydrogen-bond donors (Lipinski definition) is 0. The number of fused-ring (bicyclic) bond motifs is 3. The SMILES string of the molecule is Cc1ccc(C)c(Cn2c(=O)c3c(nc4n3C[C@@H](C)CN4c3ccc(C)c(C)c3)n(C)c2=O)c1. The number of rotatable bonds is 3. The second-order valence-corrected chi connectivity index (χ2v) is 9.84. The molecule has 0 aliphatic carbocycles. The summed E-state index contributed by atoms with van der Waals surface area (Å²) in [6.45, 7) is 12.1. The first-order valence-electron chi connectivity index (χ1n) is 11.8. The molecule has 1 atom stereocenters. The third kappa shape index (κ3) is 3.47. The molecule has 0 saturated carbocycles. The van der Waals surface area contributed by atoms with E-state index in [4.69, 9.17) is 4.98 Å². The van der Waals surface area contributed by atoms with Crippen LogP contribution in [0.25, 0.3) is 11.2 Å². The summed E-state index contributed by atoms with van der Waals surface area (Å²) < 4.78 is 4.86. The number of hydrogen-bond acceptors (Lipinski definition) is 4. The molecule has 0 N–H and O–H groups in total. The molecular formula is C27H31N5O2. The first kappa shape index (κ1) is 22.2. The Bertz CT molecular complexity index is 1560. The van der Waals surface area contributed by atoms with Gasteiger partial charge in [0.05, 0.1) is 6.54 Å². The van der Waals surface area contributed by atoms with Gasteiger partial charge in [-0.2, -0.15) is 4.98 Å². The van der Waals surface area contributed by atoms with Crippen molar-refractivity contribution in [3.05, 3.63) is 85.1 Å². The number of aryl methyl sites for hydroxylation is 5. The van der Waals surface area contributed by atoms with Gasteiger partial charge < -0.3 is 9.47 Å². The van der Waals surface area contributed by atoms with Crippen molar-refractivity contribution in [2.75, 3.05) is 11.4 Å². The van der Waals surface area contributed by atoms with Crippen molar-refractivity contribution in [1.29, 1.82) is 0 Å². The van der Waals surface area contributed by atoms with Crippen molar-refractivity contribution < 1.29 is 0 Å². The molecule has 0 saturated heterocycles. The largest absolute Gasteiger partial charge is 0.332 e. The standard InChI is InChI=1S/C27H31N5O2/c1-16-7-8-19(4)21(11-16)15-32-25(33)23-24(29(6)27(32)34)28-26-30(13-17(2)14-31(23)26)22-10-9-18(3)20(5)12-22/h7-12,17H,13-15H2,1-6H3/t17-/m0/s1. The van der Waals surface area contributed by atoms with E-state index in [9.17, 15) is 9.59 Å². The molecule has 2 aromatic heterocycles. The summed E-state index contributed by atoms with van der Waals surface area (Å²) in [5, 5.41) is 0. The molecule has 0 unspecified atom stereocenters. The van der Waals surface area contributed by atoms with Crippen molar-refractivity contribution in [2.24, 2.45) is 13.0 Å². The lowest BCUT2D eigenvalue weighted by molar-refractivity contribution is 0.458. The summed E-state index contributed by atoms with van der Waals surface area (Å²) in [5.41, 5.74) is 6.92. The highest BCUT2D eigenvalue weighted by molar-refractivity contribution is 5.77. The van der Waals surface area contributed by atoms with Gasteiger partial charge in [0.15, 0.2) is 11.2 Å². The van der Waals surface area contributed by atoms with E-state index in [1.165, 1.54) is 20.3 Å².